The number of amides is 1. The number of halogens is 1. The molecule has 1 aromatic heterocycles. The fraction of sp³-hybridized carbons (Fsp3) is 0.333. The number of hydrogen-bond acceptors (Lipinski definition) is 2. The minimum absolute atomic E-state index is 0.0535. The summed E-state index contributed by atoms with van der Waals surface area (Å²) in [4.78, 5) is 18.2. The van der Waals surface area contributed by atoms with E-state index in [0.717, 1.165) is 37.2 Å². The normalized spacial score (nSPS) is 15.3. The molecule has 1 fully saturated rings. The van der Waals surface area contributed by atoms with Crippen molar-refractivity contribution in [2.24, 2.45) is 0 Å². The molecule has 2 heterocycles. The minimum atomic E-state index is -0.237. The van der Waals surface area contributed by atoms with Gasteiger partial charge in [-0.15, -0.1) is 0 Å². The summed E-state index contributed by atoms with van der Waals surface area (Å²) in [5, 5.41) is 0. The van der Waals surface area contributed by atoms with Gasteiger partial charge in [0.1, 0.15) is 5.82 Å². The number of benzene rings is 1. The van der Waals surface area contributed by atoms with Crippen molar-refractivity contribution in [3.05, 3.63) is 59.9 Å². The van der Waals surface area contributed by atoms with Gasteiger partial charge >= 0.3 is 0 Å². The summed E-state index contributed by atoms with van der Waals surface area (Å²) in [6.45, 7) is 2.32. The summed E-state index contributed by atoms with van der Waals surface area (Å²) in [6, 6.07) is 6.41. The molecule has 0 atom stereocenters. The Morgan fingerprint density at radius 3 is 2.65 bits per heavy atom. The molecule has 0 N–H and O–H groups in total. The molecule has 2 aromatic rings. The Bertz CT molecular complexity index is 685. The third-order valence-electron chi connectivity index (χ3n) is 4.00. The summed E-state index contributed by atoms with van der Waals surface area (Å²) in [5.74, 6) is -0.183. The highest BCUT2D eigenvalue weighted by Gasteiger charge is 2.13. The summed E-state index contributed by atoms with van der Waals surface area (Å²) >= 11 is 0. The summed E-state index contributed by atoms with van der Waals surface area (Å²) in [7, 11) is 0. The monoisotopic (exact) mass is 313 g/mol. The van der Waals surface area contributed by atoms with Crippen LogP contribution in [-0.2, 0) is 11.3 Å². The molecule has 0 spiro atoms. The lowest BCUT2D eigenvalue weighted by molar-refractivity contribution is -0.126. The van der Waals surface area contributed by atoms with Gasteiger partial charge < -0.3 is 9.47 Å². The molecule has 1 amide bonds. The molecule has 0 bridgehead atoms. The Morgan fingerprint density at radius 1 is 1.17 bits per heavy atom. The average molecular weight is 313 g/mol. The minimum Gasteiger partial charge on any atom is -0.339 e. The number of carbonyl (C=O) groups excluding carboxylic acids is 1. The largest absolute Gasteiger partial charge is 0.339 e. The molecule has 4 nitrogen and oxygen atoms in total. The van der Waals surface area contributed by atoms with Crippen LogP contribution >= 0.6 is 0 Å². The SMILES string of the molecule is O=C(/C=C/c1cn(Cc2ccc(F)cc2)cn1)N1CCCCC1. The first-order valence-corrected chi connectivity index (χ1v) is 7.94. The number of piperidine rings is 1. The second-order valence-corrected chi connectivity index (χ2v) is 5.82. The zero-order valence-electron chi connectivity index (χ0n) is 13.0. The van der Waals surface area contributed by atoms with Crippen LogP contribution in [0, 0.1) is 5.82 Å². The molecule has 120 valence electrons. The van der Waals surface area contributed by atoms with Crippen LogP contribution in [0.4, 0.5) is 4.39 Å². The third-order valence-corrected chi connectivity index (χ3v) is 4.00. The second-order valence-electron chi connectivity index (χ2n) is 5.82. The predicted octanol–water partition coefficient (Wildman–Crippen LogP) is 3.10. The van der Waals surface area contributed by atoms with Gasteiger partial charge in [-0.1, -0.05) is 12.1 Å². The van der Waals surface area contributed by atoms with Gasteiger partial charge in [-0.25, -0.2) is 9.37 Å². The fourth-order valence-electron chi connectivity index (χ4n) is 2.73. The molecule has 0 saturated carbocycles. The smallest absolute Gasteiger partial charge is 0.246 e. The zero-order valence-corrected chi connectivity index (χ0v) is 13.0. The van der Waals surface area contributed by atoms with Gasteiger partial charge in [-0.2, -0.15) is 0 Å². The van der Waals surface area contributed by atoms with Crippen LogP contribution in [0.1, 0.15) is 30.5 Å². The van der Waals surface area contributed by atoms with Gasteiger partial charge in [-0.05, 0) is 43.0 Å². The number of rotatable bonds is 4. The lowest BCUT2D eigenvalue weighted by Gasteiger charge is -2.25. The van der Waals surface area contributed by atoms with E-state index in [1.165, 1.54) is 18.6 Å². The van der Waals surface area contributed by atoms with Crippen LogP contribution in [0.15, 0.2) is 42.9 Å². The Kier molecular flexibility index (Phi) is 4.86. The van der Waals surface area contributed by atoms with Crippen LogP contribution in [-0.4, -0.2) is 33.4 Å². The van der Waals surface area contributed by atoms with Gasteiger partial charge in [0.05, 0.1) is 12.0 Å². The molecule has 0 radical (unpaired) electrons. The van der Waals surface area contributed by atoms with Crippen molar-refractivity contribution in [2.45, 2.75) is 25.8 Å². The lowest BCUT2D eigenvalue weighted by Crippen LogP contribution is -2.34. The molecular weight excluding hydrogens is 293 g/mol. The van der Waals surface area contributed by atoms with E-state index in [1.807, 2.05) is 15.7 Å². The van der Waals surface area contributed by atoms with E-state index in [4.69, 9.17) is 0 Å². The standard InChI is InChI=1S/C18H20FN3O/c19-16-6-4-15(5-7-16)12-21-13-17(20-14-21)8-9-18(23)22-10-2-1-3-11-22/h4-9,13-14H,1-3,10-12H2/b9-8+. The second kappa shape index (κ2) is 7.22. The summed E-state index contributed by atoms with van der Waals surface area (Å²) in [6.07, 6.45) is 10.3. The van der Waals surface area contributed by atoms with Crippen molar-refractivity contribution in [2.75, 3.05) is 13.1 Å². The molecule has 23 heavy (non-hydrogen) atoms. The van der Waals surface area contributed by atoms with Crippen molar-refractivity contribution >= 4 is 12.0 Å². The highest BCUT2D eigenvalue weighted by molar-refractivity contribution is 5.91. The Hall–Kier alpha value is -2.43. The summed E-state index contributed by atoms with van der Waals surface area (Å²) in [5.41, 5.74) is 1.75. The molecule has 1 aromatic carbocycles. The molecule has 1 aliphatic rings. The van der Waals surface area contributed by atoms with Gasteiger partial charge in [0.15, 0.2) is 0 Å². The molecule has 0 aliphatic carbocycles. The molecular formula is C18H20FN3O. The maximum absolute atomic E-state index is 12.9. The number of carbonyl (C=O) groups is 1. The van der Waals surface area contributed by atoms with Gasteiger partial charge in [-0.3, -0.25) is 4.79 Å². The Balaban J connectivity index is 1.59. The molecule has 1 saturated heterocycles. The maximum Gasteiger partial charge on any atom is 0.246 e. The number of nitrogens with zero attached hydrogens (tertiary/aromatic N) is 3. The van der Waals surface area contributed by atoms with E-state index >= 15 is 0 Å². The molecule has 0 unspecified atom stereocenters. The zero-order chi connectivity index (χ0) is 16.1. The first-order valence-electron chi connectivity index (χ1n) is 7.94. The quantitative estimate of drug-likeness (QED) is 0.814. The highest BCUT2D eigenvalue weighted by Crippen LogP contribution is 2.10. The van der Waals surface area contributed by atoms with E-state index in [-0.39, 0.29) is 11.7 Å². The van der Waals surface area contributed by atoms with Crippen molar-refractivity contribution in [3.8, 4) is 0 Å². The van der Waals surface area contributed by atoms with Crippen LogP contribution in [0.5, 0.6) is 0 Å². The molecule has 1 aliphatic heterocycles. The van der Waals surface area contributed by atoms with E-state index in [0.29, 0.717) is 6.54 Å². The topological polar surface area (TPSA) is 38.1 Å². The average Bonchev–Trinajstić information content (AvgIpc) is 3.03. The lowest BCUT2D eigenvalue weighted by atomic mass is 10.1. The van der Waals surface area contributed by atoms with Gasteiger partial charge in [0.25, 0.3) is 0 Å². The first kappa shape index (κ1) is 15.5. The predicted molar refractivity (Wildman–Crippen MR) is 87.2 cm³/mol. The number of likely N-dealkylation sites (tertiary alicyclic amines) is 1. The highest BCUT2D eigenvalue weighted by atomic mass is 19.1. The van der Waals surface area contributed by atoms with Gasteiger partial charge in [0, 0.05) is 31.9 Å². The number of aromatic nitrogens is 2. The van der Waals surface area contributed by atoms with Crippen molar-refractivity contribution in [1.29, 1.82) is 0 Å². The number of imidazole rings is 1. The third kappa shape index (κ3) is 4.28. The molecule has 5 heteroatoms. The first-order chi connectivity index (χ1) is 11.2. The maximum atomic E-state index is 12.9. The fourth-order valence-corrected chi connectivity index (χ4v) is 2.73. The van der Waals surface area contributed by atoms with E-state index < -0.39 is 0 Å². The van der Waals surface area contributed by atoms with Crippen LogP contribution in [0.3, 0.4) is 0 Å². The van der Waals surface area contributed by atoms with Crippen LogP contribution in [0.2, 0.25) is 0 Å². The van der Waals surface area contributed by atoms with E-state index in [2.05, 4.69) is 4.98 Å². The van der Waals surface area contributed by atoms with Crippen LogP contribution < -0.4 is 0 Å². The van der Waals surface area contributed by atoms with Crippen LogP contribution in [0.25, 0.3) is 6.08 Å². The number of hydrogen-bond donors (Lipinski definition) is 0. The van der Waals surface area contributed by atoms with Gasteiger partial charge in [0.2, 0.25) is 5.91 Å². The van der Waals surface area contributed by atoms with Crippen molar-refractivity contribution < 1.29 is 9.18 Å². The Labute approximate surface area is 135 Å². The Morgan fingerprint density at radius 2 is 1.91 bits per heavy atom. The van der Waals surface area contributed by atoms with E-state index in [9.17, 15) is 9.18 Å². The molecule has 3 rings (SSSR count). The van der Waals surface area contributed by atoms with E-state index in [1.54, 1.807) is 30.6 Å². The van der Waals surface area contributed by atoms with Crippen molar-refractivity contribution in [1.82, 2.24) is 14.5 Å². The van der Waals surface area contributed by atoms with Crippen molar-refractivity contribution in [3.63, 3.8) is 0 Å². The summed E-state index contributed by atoms with van der Waals surface area (Å²) < 4.78 is 14.8.